The molecule has 0 amide bonds. The van der Waals surface area contributed by atoms with E-state index in [-0.39, 0.29) is 0 Å². The Labute approximate surface area is 127 Å². The zero-order valence-electron chi connectivity index (χ0n) is 12.4. The van der Waals surface area contributed by atoms with Gasteiger partial charge >= 0.3 is 0 Å². The van der Waals surface area contributed by atoms with Crippen LogP contribution in [0.4, 0.5) is 5.69 Å². The summed E-state index contributed by atoms with van der Waals surface area (Å²) < 4.78 is 0. The van der Waals surface area contributed by atoms with Crippen molar-refractivity contribution in [1.82, 2.24) is 4.90 Å². The third kappa shape index (κ3) is 3.96. The molecule has 0 saturated carbocycles. The number of benzene rings is 2. The SMILES string of the molecule is C(=C\c1ccccc1)/CN1CCN(c2ccccc2)CC1. The van der Waals surface area contributed by atoms with E-state index in [9.17, 15) is 0 Å². The highest BCUT2D eigenvalue weighted by Gasteiger charge is 2.15. The van der Waals surface area contributed by atoms with Gasteiger partial charge in [0.25, 0.3) is 0 Å². The van der Waals surface area contributed by atoms with E-state index >= 15 is 0 Å². The van der Waals surface area contributed by atoms with Crippen molar-refractivity contribution in [3.8, 4) is 0 Å². The predicted molar refractivity (Wildman–Crippen MR) is 90.6 cm³/mol. The van der Waals surface area contributed by atoms with Crippen LogP contribution in [-0.4, -0.2) is 37.6 Å². The van der Waals surface area contributed by atoms with Crippen LogP contribution in [0.5, 0.6) is 0 Å². The molecule has 108 valence electrons. The lowest BCUT2D eigenvalue weighted by atomic mass is 10.2. The summed E-state index contributed by atoms with van der Waals surface area (Å²) in [6, 6.07) is 21.2. The van der Waals surface area contributed by atoms with Gasteiger partial charge in [-0.15, -0.1) is 0 Å². The van der Waals surface area contributed by atoms with Crippen molar-refractivity contribution in [1.29, 1.82) is 0 Å². The molecule has 1 aliphatic rings. The molecule has 0 aromatic heterocycles. The summed E-state index contributed by atoms with van der Waals surface area (Å²) in [5.41, 5.74) is 2.62. The molecule has 2 heteroatoms. The number of hydrogen-bond acceptors (Lipinski definition) is 2. The van der Waals surface area contributed by atoms with E-state index in [4.69, 9.17) is 0 Å². The fraction of sp³-hybridized carbons (Fsp3) is 0.263. The summed E-state index contributed by atoms with van der Waals surface area (Å²) >= 11 is 0. The Bertz CT molecular complexity index is 555. The first-order valence-corrected chi connectivity index (χ1v) is 7.66. The first-order chi connectivity index (χ1) is 10.4. The molecule has 0 unspecified atom stereocenters. The lowest BCUT2D eigenvalue weighted by Gasteiger charge is -2.35. The number of nitrogens with zero attached hydrogens (tertiary/aromatic N) is 2. The quantitative estimate of drug-likeness (QED) is 0.844. The highest BCUT2D eigenvalue weighted by atomic mass is 15.3. The summed E-state index contributed by atoms with van der Waals surface area (Å²) in [7, 11) is 0. The maximum Gasteiger partial charge on any atom is 0.0367 e. The van der Waals surface area contributed by atoms with Gasteiger partial charge in [0.1, 0.15) is 0 Å². The lowest BCUT2D eigenvalue weighted by molar-refractivity contribution is 0.284. The molecule has 0 radical (unpaired) electrons. The molecule has 1 heterocycles. The summed E-state index contributed by atoms with van der Waals surface area (Å²) in [4.78, 5) is 4.98. The van der Waals surface area contributed by atoms with Gasteiger partial charge in [-0.25, -0.2) is 0 Å². The summed E-state index contributed by atoms with van der Waals surface area (Å²) in [5.74, 6) is 0. The molecule has 0 spiro atoms. The Morgan fingerprint density at radius 2 is 1.38 bits per heavy atom. The topological polar surface area (TPSA) is 6.48 Å². The highest BCUT2D eigenvalue weighted by Crippen LogP contribution is 2.15. The third-order valence-corrected chi connectivity index (χ3v) is 3.97. The molecule has 1 fully saturated rings. The normalized spacial score (nSPS) is 16.5. The molecule has 0 N–H and O–H groups in total. The Kier molecular flexibility index (Phi) is 4.70. The van der Waals surface area contributed by atoms with Gasteiger partial charge in [-0.2, -0.15) is 0 Å². The molecule has 1 saturated heterocycles. The van der Waals surface area contributed by atoms with Crippen LogP contribution in [0.25, 0.3) is 6.08 Å². The third-order valence-electron chi connectivity index (χ3n) is 3.97. The van der Waals surface area contributed by atoms with Gasteiger partial charge in [0.05, 0.1) is 0 Å². The van der Waals surface area contributed by atoms with Gasteiger partial charge in [0.2, 0.25) is 0 Å². The molecule has 0 bridgehead atoms. The van der Waals surface area contributed by atoms with Crippen molar-refractivity contribution in [2.24, 2.45) is 0 Å². The first-order valence-electron chi connectivity index (χ1n) is 7.66. The van der Waals surface area contributed by atoms with Gasteiger partial charge in [0, 0.05) is 38.4 Å². The van der Waals surface area contributed by atoms with E-state index in [1.54, 1.807) is 0 Å². The van der Waals surface area contributed by atoms with Crippen LogP contribution in [0.2, 0.25) is 0 Å². The van der Waals surface area contributed by atoms with E-state index < -0.39 is 0 Å². The monoisotopic (exact) mass is 278 g/mol. The lowest BCUT2D eigenvalue weighted by Crippen LogP contribution is -2.46. The second kappa shape index (κ2) is 7.09. The summed E-state index contributed by atoms with van der Waals surface area (Å²) in [6.07, 6.45) is 4.48. The second-order valence-electron chi connectivity index (χ2n) is 5.44. The average Bonchev–Trinajstić information content (AvgIpc) is 2.57. The number of anilines is 1. The van der Waals surface area contributed by atoms with E-state index in [1.165, 1.54) is 11.3 Å². The van der Waals surface area contributed by atoms with Gasteiger partial charge in [-0.1, -0.05) is 60.7 Å². The molecule has 0 aliphatic carbocycles. The number of rotatable bonds is 4. The van der Waals surface area contributed by atoms with Crippen LogP contribution in [0.15, 0.2) is 66.7 Å². The predicted octanol–water partition coefficient (Wildman–Crippen LogP) is 3.52. The fourth-order valence-corrected chi connectivity index (χ4v) is 2.73. The number of hydrogen-bond donors (Lipinski definition) is 0. The molecular weight excluding hydrogens is 256 g/mol. The van der Waals surface area contributed by atoms with Crippen LogP contribution in [-0.2, 0) is 0 Å². The van der Waals surface area contributed by atoms with Crippen molar-refractivity contribution in [2.45, 2.75) is 0 Å². The van der Waals surface area contributed by atoms with E-state index in [0.717, 1.165) is 32.7 Å². The van der Waals surface area contributed by atoms with E-state index in [1.807, 2.05) is 0 Å². The molecule has 3 rings (SSSR count). The van der Waals surface area contributed by atoms with Crippen molar-refractivity contribution in [2.75, 3.05) is 37.6 Å². The van der Waals surface area contributed by atoms with Gasteiger partial charge in [0.15, 0.2) is 0 Å². The Morgan fingerprint density at radius 3 is 2.05 bits per heavy atom. The van der Waals surface area contributed by atoms with Gasteiger partial charge in [-0.3, -0.25) is 4.90 Å². The van der Waals surface area contributed by atoms with Crippen LogP contribution in [0.3, 0.4) is 0 Å². The second-order valence-corrected chi connectivity index (χ2v) is 5.44. The van der Waals surface area contributed by atoms with Crippen molar-refractivity contribution in [3.05, 3.63) is 72.3 Å². The molecule has 2 nitrogen and oxygen atoms in total. The minimum atomic E-state index is 1.04. The number of piperazine rings is 1. The highest BCUT2D eigenvalue weighted by molar-refractivity contribution is 5.49. The molecule has 1 aliphatic heterocycles. The first kappa shape index (κ1) is 13.9. The fourth-order valence-electron chi connectivity index (χ4n) is 2.73. The number of para-hydroxylation sites is 1. The largest absolute Gasteiger partial charge is 0.369 e. The molecule has 0 atom stereocenters. The van der Waals surface area contributed by atoms with Crippen LogP contribution >= 0.6 is 0 Å². The zero-order chi connectivity index (χ0) is 14.3. The van der Waals surface area contributed by atoms with Crippen molar-refractivity contribution in [3.63, 3.8) is 0 Å². The summed E-state index contributed by atoms with van der Waals surface area (Å²) in [5, 5.41) is 0. The average molecular weight is 278 g/mol. The van der Waals surface area contributed by atoms with Crippen LogP contribution in [0.1, 0.15) is 5.56 Å². The minimum Gasteiger partial charge on any atom is -0.369 e. The minimum absolute atomic E-state index is 1.04. The maximum atomic E-state index is 2.51. The molecule has 21 heavy (non-hydrogen) atoms. The maximum absolute atomic E-state index is 2.51. The van der Waals surface area contributed by atoms with Crippen molar-refractivity contribution >= 4 is 11.8 Å². The van der Waals surface area contributed by atoms with Gasteiger partial charge in [-0.05, 0) is 17.7 Å². The Morgan fingerprint density at radius 1 is 0.762 bits per heavy atom. The van der Waals surface area contributed by atoms with Crippen LogP contribution < -0.4 is 4.90 Å². The van der Waals surface area contributed by atoms with E-state index in [0.29, 0.717) is 0 Å². The van der Waals surface area contributed by atoms with Gasteiger partial charge < -0.3 is 4.90 Å². The van der Waals surface area contributed by atoms with Crippen LogP contribution in [0, 0.1) is 0 Å². The molecule has 2 aromatic carbocycles. The summed E-state index contributed by atoms with van der Waals surface area (Å²) in [6.45, 7) is 5.53. The Hall–Kier alpha value is -2.06. The smallest absolute Gasteiger partial charge is 0.0367 e. The molecule has 2 aromatic rings. The Balaban J connectivity index is 1.47. The standard InChI is InChI=1S/C19H22N2/c1-3-8-18(9-4-1)10-7-13-20-14-16-21(17-15-20)19-11-5-2-6-12-19/h1-12H,13-17H2/b10-7+. The van der Waals surface area contributed by atoms with E-state index in [2.05, 4.69) is 82.6 Å². The van der Waals surface area contributed by atoms with Crippen molar-refractivity contribution < 1.29 is 0 Å². The molecular formula is C19H22N2. The zero-order valence-corrected chi connectivity index (χ0v) is 12.4.